The monoisotopic (exact) mass is 456 g/mol. The molecular formula is C24H23F3N4O2. The maximum Gasteiger partial charge on any atom is 0.417 e. The lowest BCUT2D eigenvalue weighted by molar-refractivity contribution is -0.138. The molecule has 1 N–H and O–H groups in total. The molecule has 172 valence electrons. The Morgan fingerprint density at radius 2 is 1.70 bits per heavy atom. The summed E-state index contributed by atoms with van der Waals surface area (Å²) in [6.07, 6.45) is -2.91. The number of hydrogen-bond donors (Lipinski definition) is 1. The molecule has 1 fully saturated rings. The number of carbonyl (C=O) groups excluding carboxylic acids is 2. The summed E-state index contributed by atoms with van der Waals surface area (Å²) in [5.41, 5.74) is 0.146. The maximum absolute atomic E-state index is 13.3. The van der Waals surface area contributed by atoms with Gasteiger partial charge in [-0.2, -0.15) is 13.2 Å². The van der Waals surface area contributed by atoms with Crippen molar-refractivity contribution in [2.75, 3.05) is 31.5 Å². The molecule has 0 spiro atoms. The Labute approximate surface area is 189 Å². The van der Waals surface area contributed by atoms with E-state index in [0.717, 1.165) is 17.0 Å². The summed E-state index contributed by atoms with van der Waals surface area (Å²) in [5, 5.41) is 3.77. The second kappa shape index (κ2) is 9.19. The van der Waals surface area contributed by atoms with Gasteiger partial charge in [-0.05, 0) is 43.3 Å². The van der Waals surface area contributed by atoms with Crippen LogP contribution in [0.4, 0.5) is 18.9 Å². The fourth-order valence-electron chi connectivity index (χ4n) is 4.01. The van der Waals surface area contributed by atoms with Gasteiger partial charge in [0.15, 0.2) is 0 Å². The Morgan fingerprint density at radius 3 is 2.42 bits per heavy atom. The number of piperazine rings is 1. The van der Waals surface area contributed by atoms with E-state index in [2.05, 4.69) is 10.3 Å². The number of halogens is 3. The van der Waals surface area contributed by atoms with Gasteiger partial charge >= 0.3 is 6.18 Å². The lowest BCUT2D eigenvalue weighted by Gasteiger charge is -2.37. The van der Waals surface area contributed by atoms with Crippen LogP contribution in [0, 0.1) is 0 Å². The minimum Gasteiger partial charge on any atom is -0.336 e. The highest BCUT2D eigenvalue weighted by Gasteiger charge is 2.36. The van der Waals surface area contributed by atoms with Crippen molar-refractivity contribution in [2.24, 2.45) is 0 Å². The molecule has 1 saturated heterocycles. The van der Waals surface area contributed by atoms with E-state index < -0.39 is 23.7 Å². The highest BCUT2D eigenvalue weighted by molar-refractivity contribution is 6.02. The van der Waals surface area contributed by atoms with Crippen LogP contribution in [0.2, 0.25) is 0 Å². The van der Waals surface area contributed by atoms with E-state index in [4.69, 9.17) is 0 Å². The highest BCUT2D eigenvalue weighted by Crippen LogP contribution is 2.32. The first-order valence-corrected chi connectivity index (χ1v) is 10.6. The largest absolute Gasteiger partial charge is 0.417 e. The number of anilines is 1. The molecule has 1 unspecified atom stereocenters. The molecule has 0 aliphatic carbocycles. The Bertz CT molecular complexity index is 1170. The molecule has 0 radical (unpaired) electrons. The lowest BCUT2D eigenvalue weighted by Crippen LogP contribution is -2.54. The Morgan fingerprint density at radius 1 is 0.970 bits per heavy atom. The number of nitrogens with one attached hydrogen (secondary N) is 1. The van der Waals surface area contributed by atoms with Gasteiger partial charge in [-0.15, -0.1) is 0 Å². The van der Waals surface area contributed by atoms with Crippen LogP contribution in [0.5, 0.6) is 0 Å². The Kier molecular flexibility index (Phi) is 6.33. The predicted octanol–water partition coefficient (Wildman–Crippen LogP) is 4.04. The van der Waals surface area contributed by atoms with Crippen molar-refractivity contribution in [1.29, 1.82) is 0 Å². The van der Waals surface area contributed by atoms with Crippen molar-refractivity contribution in [2.45, 2.75) is 19.1 Å². The number of nitrogens with zero attached hydrogens (tertiary/aromatic N) is 3. The lowest BCUT2D eigenvalue weighted by atomic mass is 10.1. The highest BCUT2D eigenvalue weighted by atomic mass is 19.4. The molecule has 1 aromatic heterocycles. The van der Waals surface area contributed by atoms with Crippen LogP contribution in [0.3, 0.4) is 0 Å². The zero-order valence-electron chi connectivity index (χ0n) is 18.0. The van der Waals surface area contributed by atoms with Crippen molar-refractivity contribution in [1.82, 2.24) is 14.8 Å². The van der Waals surface area contributed by atoms with Crippen LogP contribution in [0.25, 0.3) is 10.9 Å². The average molecular weight is 456 g/mol. The van der Waals surface area contributed by atoms with Crippen LogP contribution in [-0.4, -0.2) is 58.8 Å². The molecular weight excluding hydrogens is 433 g/mol. The first kappa shape index (κ1) is 22.7. The average Bonchev–Trinajstić information content (AvgIpc) is 2.83. The molecule has 4 rings (SSSR count). The summed E-state index contributed by atoms with van der Waals surface area (Å²) in [5.74, 6) is -0.850. The Balaban J connectivity index is 1.40. The zero-order chi connectivity index (χ0) is 23.6. The molecule has 0 saturated carbocycles. The fraction of sp³-hybridized carbons (Fsp3) is 0.292. The first-order valence-electron chi connectivity index (χ1n) is 10.6. The summed E-state index contributed by atoms with van der Waals surface area (Å²) in [6, 6.07) is 13.5. The smallest absolute Gasteiger partial charge is 0.336 e. The summed E-state index contributed by atoms with van der Waals surface area (Å²) < 4.78 is 39.8. The van der Waals surface area contributed by atoms with Crippen LogP contribution in [0.1, 0.15) is 22.8 Å². The molecule has 3 aromatic rings. The molecule has 1 aliphatic rings. The van der Waals surface area contributed by atoms with Gasteiger partial charge in [-0.25, -0.2) is 0 Å². The number of benzene rings is 2. The second-order valence-electron chi connectivity index (χ2n) is 7.91. The predicted molar refractivity (Wildman–Crippen MR) is 119 cm³/mol. The maximum atomic E-state index is 13.3. The first-order chi connectivity index (χ1) is 15.8. The number of aromatic nitrogens is 1. The van der Waals surface area contributed by atoms with Crippen molar-refractivity contribution < 1.29 is 22.8 Å². The second-order valence-corrected chi connectivity index (χ2v) is 7.91. The molecule has 1 atom stereocenters. The van der Waals surface area contributed by atoms with Crippen LogP contribution < -0.4 is 5.32 Å². The molecule has 6 nitrogen and oxygen atoms in total. The summed E-state index contributed by atoms with van der Waals surface area (Å²) in [7, 11) is 0. The zero-order valence-corrected chi connectivity index (χ0v) is 18.0. The minimum atomic E-state index is -4.60. The van der Waals surface area contributed by atoms with Gasteiger partial charge < -0.3 is 10.2 Å². The van der Waals surface area contributed by atoms with Gasteiger partial charge in [0, 0.05) is 37.8 Å². The number of fused-ring (bicyclic) bond motifs is 1. The summed E-state index contributed by atoms with van der Waals surface area (Å²) in [4.78, 5) is 33.2. The third-order valence-electron chi connectivity index (χ3n) is 5.90. The van der Waals surface area contributed by atoms with Crippen molar-refractivity contribution in [3.8, 4) is 0 Å². The van der Waals surface area contributed by atoms with Crippen molar-refractivity contribution in [3.05, 3.63) is 71.9 Å². The number of alkyl halides is 3. The molecule has 1 aliphatic heterocycles. The molecule has 2 aromatic carbocycles. The van der Waals surface area contributed by atoms with E-state index in [0.29, 0.717) is 18.8 Å². The van der Waals surface area contributed by atoms with Crippen molar-refractivity contribution >= 4 is 28.4 Å². The van der Waals surface area contributed by atoms with Gasteiger partial charge in [0.1, 0.15) is 0 Å². The van der Waals surface area contributed by atoms with E-state index in [1.54, 1.807) is 19.2 Å². The standard InChI is InChI=1S/C24H23F3N4O2/c1-16(22(32)29-21-10-4-9-20-18(21)7-5-11-28-20)30-12-14-31(15-13-30)23(33)17-6-2-3-8-19(17)24(25,26)27/h2-11,16H,12-15H2,1H3,(H,29,32). The molecule has 2 heterocycles. The number of pyridine rings is 1. The van der Waals surface area contributed by atoms with Crippen molar-refractivity contribution in [3.63, 3.8) is 0 Å². The Hall–Kier alpha value is -3.46. The SMILES string of the molecule is CC(C(=O)Nc1cccc2ncccc12)N1CCN(C(=O)c2ccccc2C(F)(F)F)CC1. The molecule has 9 heteroatoms. The van der Waals surface area contributed by atoms with E-state index in [1.807, 2.05) is 29.2 Å². The van der Waals surface area contributed by atoms with Gasteiger partial charge in [-0.3, -0.25) is 19.5 Å². The van der Waals surface area contributed by atoms with Crippen LogP contribution in [-0.2, 0) is 11.0 Å². The third kappa shape index (κ3) is 4.83. The minimum absolute atomic E-state index is 0.200. The summed E-state index contributed by atoms with van der Waals surface area (Å²) >= 11 is 0. The number of amides is 2. The van der Waals surface area contributed by atoms with Crippen LogP contribution >= 0.6 is 0 Å². The van der Waals surface area contributed by atoms with Gasteiger partial charge in [0.05, 0.1) is 28.4 Å². The van der Waals surface area contributed by atoms with E-state index >= 15 is 0 Å². The van der Waals surface area contributed by atoms with Crippen LogP contribution in [0.15, 0.2) is 60.8 Å². The normalized spacial score (nSPS) is 15.9. The number of carbonyl (C=O) groups is 2. The number of hydrogen-bond acceptors (Lipinski definition) is 4. The molecule has 0 bridgehead atoms. The quantitative estimate of drug-likeness (QED) is 0.644. The van der Waals surface area contributed by atoms with E-state index in [9.17, 15) is 22.8 Å². The van der Waals surface area contributed by atoms with Gasteiger partial charge in [0.25, 0.3) is 5.91 Å². The topological polar surface area (TPSA) is 65.5 Å². The van der Waals surface area contributed by atoms with E-state index in [1.165, 1.54) is 23.1 Å². The van der Waals surface area contributed by atoms with Gasteiger partial charge in [-0.1, -0.05) is 18.2 Å². The van der Waals surface area contributed by atoms with Gasteiger partial charge in [0.2, 0.25) is 5.91 Å². The fourth-order valence-corrected chi connectivity index (χ4v) is 4.01. The third-order valence-corrected chi connectivity index (χ3v) is 5.90. The molecule has 2 amide bonds. The molecule has 33 heavy (non-hydrogen) atoms. The number of rotatable bonds is 4. The summed E-state index contributed by atoms with van der Waals surface area (Å²) in [6.45, 7) is 3.01. The van der Waals surface area contributed by atoms with E-state index in [-0.39, 0.29) is 24.6 Å².